The molecule has 9 heteroatoms. The first kappa shape index (κ1) is 14.9. The number of ether oxygens (including phenoxy) is 1. The molecule has 0 saturated carbocycles. The summed E-state index contributed by atoms with van der Waals surface area (Å²) in [5, 5.41) is 30.6. The molecule has 0 unspecified atom stereocenters. The molecule has 8 nitrogen and oxygen atoms in total. The van der Waals surface area contributed by atoms with E-state index in [9.17, 15) is 15.3 Å². The van der Waals surface area contributed by atoms with Crippen LogP contribution in [-0.4, -0.2) is 59.3 Å². The topological polar surface area (TPSA) is 106 Å². The van der Waals surface area contributed by atoms with Crippen LogP contribution in [0, 0.1) is 0 Å². The van der Waals surface area contributed by atoms with Crippen LogP contribution in [0.2, 0.25) is 5.15 Å². The van der Waals surface area contributed by atoms with Gasteiger partial charge >= 0.3 is 0 Å². The quantitative estimate of drug-likeness (QED) is 0.576. The van der Waals surface area contributed by atoms with Crippen LogP contribution in [0.4, 0.5) is 0 Å². The lowest BCUT2D eigenvalue weighted by molar-refractivity contribution is -0.0489. The number of hydrogen-bond donors (Lipinski definition) is 3. The fourth-order valence-corrected chi connectivity index (χ4v) is 3.44. The van der Waals surface area contributed by atoms with Gasteiger partial charge in [-0.05, 0) is 6.07 Å². The highest BCUT2D eigenvalue weighted by molar-refractivity contribution is 6.36. The highest BCUT2D eigenvalue weighted by Crippen LogP contribution is 2.39. The van der Waals surface area contributed by atoms with E-state index in [0.29, 0.717) is 16.2 Å². The largest absolute Gasteiger partial charge is 0.394 e. The van der Waals surface area contributed by atoms with Crippen molar-refractivity contribution in [3.05, 3.63) is 23.7 Å². The fourth-order valence-electron chi connectivity index (χ4n) is 3.22. The summed E-state index contributed by atoms with van der Waals surface area (Å²) >= 11 is 6.24. The predicted octanol–water partition coefficient (Wildman–Crippen LogP) is 0.188. The van der Waals surface area contributed by atoms with E-state index in [4.69, 9.17) is 16.3 Å². The zero-order valence-electron chi connectivity index (χ0n) is 12.2. The van der Waals surface area contributed by atoms with Crippen LogP contribution in [0.1, 0.15) is 6.23 Å². The number of hydrogen-bond acceptors (Lipinski definition) is 6. The second-order valence-electron chi connectivity index (χ2n) is 5.62. The van der Waals surface area contributed by atoms with Gasteiger partial charge in [-0.25, -0.2) is 9.97 Å². The van der Waals surface area contributed by atoms with E-state index in [0.717, 1.165) is 11.0 Å². The van der Waals surface area contributed by atoms with Gasteiger partial charge in [0.05, 0.1) is 23.0 Å². The second-order valence-corrected chi connectivity index (χ2v) is 5.98. The molecule has 1 aliphatic rings. The molecule has 0 amide bonds. The van der Waals surface area contributed by atoms with E-state index in [1.54, 1.807) is 4.57 Å². The Morgan fingerprint density at radius 1 is 1.30 bits per heavy atom. The van der Waals surface area contributed by atoms with Gasteiger partial charge in [-0.2, -0.15) is 0 Å². The van der Waals surface area contributed by atoms with E-state index in [-0.39, 0.29) is 6.61 Å². The molecular weight excluding hydrogens is 324 g/mol. The van der Waals surface area contributed by atoms with Crippen LogP contribution in [-0.2, 0) is 11.8 Å². The number of aliphatic hydroxyl groups is 3. The van der Waals surface area contributed by atoms with Crippen LogP contribution in [0.15, 0.2) is 18.6 Å². The van der Waals surface area contributed by atoms with Gasteiger partial charge < -0.3 is 24.6 Å². The van der Waals surface area contributed by atoms with Crippen LogP contribution in [0.5, 0.6) is 0 Å². The predicted molar refractivity (Wildman–Crippen MR) is 82.0 cm³/mol. The average molecular weight is 339 g/mol. The maximum Gasteiger partial charge on any atom is 0.165 e. The van der Waals surface area contributed by atoms with Crippen molar-refractivity contribution in [3.8, 4) is 0 Å². The van der Waals surface area contributed by atoms with Gasteiger partial charge in [0.1, 0.15) is 35.4 Å². The van der Waals surface area contributed by atoms with E-state index in [1.165, 1.54) is 6.33 Å². The molecule has 4 atom stereocenters. The summed E-state index contributed by atoms with van der Waals surface area (Å²) in [5.74, 6) is 0. The Labute approximate surface area is 135 Å². The number of aromatic nitrogens is 4. The highest BCUT2D eigenvalue weighted by atomic mass is 35.5. The van der Waals surface area contributed by atoms with E-state index < -0.39 is 24.5 Å². The molecule has 0 spiro atoms. The van der Waals surface area contributed by atoms with Gasteiger partial charge in [-0.1, -0.05) is 11.6 Å². The Hall–Kier alpha value is -1.71. The Morgan fingerprint density at radius 3 is 2.78 bits per heavy atom. The van der Waals surface area contributed by atoms with Crippen molar-refractivity contribution in [2.75, 3.05) is 6.61 Å². The zero-order valence-corrected chi connectivity index (χ0v) is 12.9. The van der Waals surface area contributed by atoms with Crippen LogP contribution in [0.3, 0.4) is 0 Å². The van der Waals surface area contributed by atoms with Crippen molar-refractivity contribution in [3.63, 3.8) is 0 Å². The Balaban J connectivity index is 2.01. The molecule has 0 radical (unpaired) electrons. The molecule has 23 heavy (non-hydrogen) atoms. The lowest BCUT2D eigenvalue weighted by atomic mass is 10.1. The summed E-state index contributed by atoms with van der Waals surface area (Å²) in [5.41, 5.74) is 2.06. The van der Waals surface area contributed by atoms with Gasteiger partial charge in [-0.15, -0.1) is 0 Å². The third-order valence-corrected chi connectivity index (χ3v) is 4.62. The Morgan fingerprint density at radius 2 is 2.09 bits per heavy atom. The smallest absolute Gasteiger partial charge is 0.165 e. The van der Waals surface area contributed by atoms with Crippen LogP contribution >= 0.6 is 11.6 Å². The molecule has 3 aromatic rings. The lowest BCUT2D eigenvalue weighted by Crippen LogP contribution is -2.33. The van der Waals surface area contributed by atoms with Crippen molar-refractivity contribution in [2.24, 2.45) is 7.05 Å². The van der Waals surface area contributed by atoms with Crippen molar-refractivity contribution < 1.29 is 20.1 Å². The molecule has 4 heterocycles. The third-order valence-electron chi connectivity index (χ3n) is 4.33. The zero-order chi connectivity index (χ0) is 16.3. The van der Waals surface area contributed by atoms with Gasteiger partial charge in [0, 0.05) is 13.2 Å². The first-order chi connectivity index (χ1) is 11.0. The summed E-state index contributed by atoms with van der Waals surface area (Å²) in [4.78, 5) is 8.28. The van der Waals surface area contributed by atoms with Gasteiger partial charge in [0.25, 0.3) is 0 Å². The minimum absolute atomic E-state index is 0.298. The molecule has 1 fully saturated rings. The van der Waals surface area contributed by atoms with Crippen molar-refractivity contribution in [1.82, 2.24) is 19.1 Å². The average Bonchev–Trinajstić information content (AvgIpc) is 3.15. The first-order valence-corrected chi connectivity index (χ1v) is 7.50. The molecule has 3 N–H and O–H groups in total. The number of aliphatic hydroxyl groups excluding tert-OH is 3. The van der Waals surface area contributed by atoms with E-state index in [1.807, 2.05) is 23.9 Å². The monoisotopic (exact) mass is 338 g/mol. The molecule has 122 valence electrons. The van der Waals surface area contributed by atoms with Crippen LogP contribution < -0.4 is 0 Å². The van der Waals surface area contributed by atoms with Gasteiger partial charge in [-0.3, -0.25) is 4.57 Å². The summed E-state index contributed by atoms with van der Waals surface area (Å²) in [6.45, 7) is -0.387. The molecule has 1 saturated heterocycles. The first-order valence-electron chi connectivity index (χ1n) is 7.12. The third kappa shape index (κ3) is 1.93. The molecular formula is C14H15ClN4O4. The highest BCUT2D eigenvalue weighted by Gasteiger charge is 2.44. The van der Waals surface area contributed by atoms with Crippen molar-refractivity contribution in [1.29, 1.82) is 0 Å². The number of rotatable bonds is 2. The van der Waals surface area contributed by atoms with Gasteiger partial charge in [0.2, 0.25) is 0 Å². The van der Waals surface area contributed by atoms with Crippen molar-refractivity contribution in [2.45, 2.75) is 24.5 Å². The summed E-state index contributed by atoms with van der Waals surface area (Å²) < 4.78 is 9.21. The maximum absolute atomic E-state index is 10.3. The van der Waals surface area contributed by atoms with Crippen LogP contribution in [0.25, 0.3) is 22.1 Å². The minimum Gasteiger partial charge on any atom is -0.394 e. The molecule has 3 aromatic heterocycles. The molecule has 0 bridgehead atoms. The molecule has 0 aromatic carbocycles. The molecule has 0 aliphatic carbocycles. The maximum atomic E-state index is 10.3. The fraction of sp³-hybridized carbons (Fsp3) is 0.429. The lowest BCUT2D eigenvalue weighted by Gasteiger charge is -2.18. The minimum atomic E-state index is -1.19. The Kier molecular flexibility index (Phi) is 3.33. The molecule has 1 aliphatic heterocycles. The number of aryl methyl sites for hydroxylation is 1. The number of halogens is 1. The van der Waals surface area contributed by atoms with E-state index >= 15 is 0 Å². The number of fused-ring (bicyclic) bond motifs is 3. The second kappa shape index (κ2) is 5.15. The Bertz CT molecular complexity index is 892. The van der Waals surface area contributed by atoms with Crippen molar-refractivity contribution >= 4 is 33.7 Å². The van der Waals surface area contributed by atoms with Gasteiger partial charge in [0.15, 0.2) is 6.23 Å². The SMILES string of the molecule is Cn1ccc2c1c1c(Cl)ncnc1n2[C@@H]1O[C@H](CO)[C@@H](O)[C@H]1O. The summed E-state index contributed by atoms with van der Waals surface area (Å²) in [6, 6.07) is 1.85. The normalized spacial score (nSPS) is 28.2. The summed E-state index contributed by atoms with van der Waals surface area (Å²) in [6.07, 6.45) is -0.926. The summed E-state index contributed by atoms with van der Waals surface area (Å²) in [7, 11) is 1.87. The van der Waals surface area contributed by atoms with E-state index in [2.05, 4.69) is 9.97 Å². The standard InChI is InChI=1S/C14H15ClN4O4/c1-18-3-2-6-9(18)8-12(15)16-5-17-13(8)19(6)14-11(22)10(21)7(4-20)23-14/h2-3,5,7,10-11,14,20-22H,4H2,1H3/t7-,10-,11-,14-/m1/s1. The number of nitrogens with zero attached hydrogens (tertiary/aromatic N) is 4. The molecule has 4 rings (SSSR count).